The fourth-order valence-electron chi connectivity index (χ4n) is 1.95. The zero-order valence-corrected chi connectivity index (χ0v) is 18.0. The molecule has 1 aromatic carbocycles. The highest BCUT2D eigenvalue weighted by atomic mass is 35.5. The number of rotatable bonds is 6. The predicted molar refractivity (Wildman–Crippen MR) is 109 cm³/mol. The molecule has 0 fully saturated rings. The summed E-state index contributed by atoms with van der Waals surface area (Å²) in [4.78, 5) is 8.22. The van der Waals surface area contributed by atoms with Gasteiger partial charge in [-0.05, 0) is 66.8 Å². The zero-order valence-electron chi connectivity index (χ0n) is 13.3. The monoisotopic (exact) mass is 464 g/mol. The van der Waals surface area contributed by atoms with Gasteiger partial charge in [-0.15, -0.1) is 0 Å². The Kier molecular flexibility index (Phi) is 6.76. The topological polar surface area (TPSA) is 52.8 Å². The summed E-state index contributed by atoms with van der Waals surface area (Å²) in [6.07, 6.45) is 0. The third-order valence-corrected chi connectivity index (χ3v) is 6.01. The van der Waals surface area contributed by atoms with Gasteiger partial charge in [-0.25, -0.2) is 14.6 Å². The molecule has 5 nitrogen and oxygen atoms in total. The second-order valence-electron chi connectivity index (χ2n) is 5.00. The predicted octanol–water partition coefficient (Wildman–Crippen LogP) is 5.96. The van der Waals surface area contributed by atoms with Crippen LogP contribution < -0.4 is 4.74 Å². The first-order valence-electron chi connectivity index (χ1n) is 7.25. The van der Waals surface area contributed by atoms with E-state index in [-0.39, 0.29) is 5.28 Å². The molecule has 0 spiro atoms. The normalized spacial score (nSPS) is 10.9. The van der Waals surface area contributed by atoms with Crippen LogP contribution in [0.5, 0.6) is 5.75 Å². The van der Waals surface area contributed by atoms with Crippen molar-refractivity contribution in [2.45, 2.75) is 22.8 Å². The number of halogens is 3. The second kappa shape index (κ2) is 8.86. The minimum atomic E-state index is 0.212. The van der Waals surface area contributed by atoms with Crippen molar-refractivity contribution >= 4 is 70.1 Å². The van der Waals surface area contributed by atoms with Crippen LogP contribution >= 0.6 is 70.1 Å². The van der Waals surface area contributed by atoms with Crippen molar-refractivity contribution in [3.05, 3.63) is 49.2 Å². The lowest BCUT2D eigenvalue weighted by molar-refractivity contribution is 0.290. The third kappa shape index (κ3) is 5.31. The molecule has 0 saturated carbocycles. The lowest BCUT2D eigenvalue weighted by Gasteiger charge is -2.08. The summed E-state index contributed by atoms with van der Waals surface area (Å²) in [5, 5.41) is 6.45. The van der Waals surface area contributed by atoms with E-state index in [1.165, 1.54) is 23.1 Å². The molecule has 0 amide bonds. The van der Waals surface area contributed by atoms with Crippen LogP contribution in [0.15, 0.2) is 33.6 Å². The number of hydrogen-bond acceptors (Lipinski definition) is 7. The Morgan fingerprint density at radius 2 is 2.04 bits per heavy atom. The lowest BCUT2D eigenvalue weighted by atomic mass is 10.3. The largest absolute Gasteiger partial charge is 0.490 e. The van der Waals surface area contributed by atoms with Crippen LogP contribution in [-0.2, 0) is 6.54 Å². The third-order valence-electron chi connectivity index (χ3n) is 3.04. The Labute approximate surface area is 178 Å². The molecule has 0 N–H and O–H groups in total. The van der Waals surface area contributed by atoms with Gasteiger partial charge in [-0.1, -0.05) is 34.5 Å². The number of aryl methyl sites for hydroxylation is 1. The van der Waals surface area contributed by atoms with Crippen molar-refractivity contribution in [1.82, 2.24) is 19.7 Å². The van der Waals surface area contributed by atoms with E-state index in [4.69, 9.17) is 51.8 Å². The van der Waals surface area contributed by atoms with Gasteiger partial charge in [0, 0.05) is 10.7 Å². The van der Waals surface area contributed by atoms with Crippen LogP contribution in [0.1, 0.15) is 5.69 Å². The zero-order chi connectivity index (χ0) is 18.7. The van der Waals surface area contributed by atoms with Crippen LogP contribution in [0, 0.1) is 10.9 Å². The minimum absolute atomic E-state index is 0.212. The van der Waals surface area contributed by atoms with E-state index in [2.05, 4.69) is 15.1 Å². The van der Waals surface area contributed by atoms with E-state index >= 15 is 0 Å². The summed E-state index contributed by atoms with van der Waals surface area (Å²) in [7, 11) is 0. The van der Waals surface area contributed by atoms with Crippen LogP contribution in [0.2, 0.25) is 15.3 Å². The quantitative estimate of drug-likeness (QED) is 0.254. The Balaban J connectivity index is 1.63. The van der Waals surface area contributed by atoms with Crippen molar-refractivity contribution in [2.24, 2.45) is 0 Å². The lowest BCUT2D eigenvalue weighted by Crippen LogP contribution is -2.09. The molecule has 0 unspecified atom stereocenters. The van der Waals surface area contributed by atoms with Gasteiger partial charge >= 0.3 is 0 Å². The van der Waals surface area contributed by atoms with Gasteiger partial charge in [0.05, 0.1) is 11.6 Å². The fourth-order valence-corrected chi connectivity index (χ4v) is 5.08. The van der Waals surface area contributed by atoms with Gasteiger partial charge in [0.15, 0.2) is 8.29 Å². The standard InChI is InChI=1S/C15H11Cl3N4OS3/c1-8-6-12(20-13(18)19-8)25-14-21-22(15(24)26-14)4-5-23-11-3-2-9(16)7-10(11)17/h2-3,6-7H,4-5H2,1H3. The Hall–Kier alpha value is -0.900. The number of benzene rings is 1. The van der Waals surface area contributed by atoms with E-state index < -0.39 is 0 Å². The average molecular weight is 466 g/mol. The molecule has 0 radical (unpaired) electrons. The molecule has 0 aliphatic carbocycles. The van der Waals surface area contributed by atoms with E-state index in [1.807, 2.05) is 13.0 Å². The summed E-state index contributed by atoms with van der Waals surface area (Å²) in [5.74, 6) is 0.568. The Morgan fingerprint density at radius 1 is 1.23 bits per heavy atom. The first-order valence-corrected chi connectivity index (χ1v) is 10.4. The SMILES string of the molecule is Cc1cc(Sc2nn(CCOc3ccc(Cl)cc3Cl)c(=S)s2)nc(Cl)n1. The molecule has 0 atom stereocenters. The molecule has 11 heteroatoms. The molecule has 0 bridgehead atoms. The smallest absolute Gasteiger partial charge is 0.223 e. The van der Waals surface area contributed by atoms with Gasteiger partial charge in [0.1, 0.15) is 17.4 Å². The highest BCUT2D eigenvalue weighted by Crippen LogP contribution is 2.30. The number of ether oxygens (including phenoxy) is 1. The van der Waals surface area contributed by atoms with Gasteiger partial charge < -0.3 is 4.74 Å². The fraction of sp³-hybridized carbons (Fsp3) is 0.200. The first-order chi connectivity index (χ1) is 12.4. The summed E-state index contributed by atoms with van der Waals surface area (Å²) < 4.78 is 8.80. The summed E-state index contributed by atoms with van der Waals surface area (Å²) in [5.41, 5.74) is 0.795. The molecule has 136 valence electrons. The van der Waals surface area contributed by atoms with Gasteiger partial charge in [-0.3, -0.25) is 0 Å². The molecular formula is C15H11Cl3N4OS3. The molecule has 3 rings (SSSR count). The number of hydrogen-bond donors (Lipinski definition) is 0. The molecule has 2 heterocycles. The van der Waals surface area contributed by atoms with Gasteiger partial charge in [0.2, 0.25) is 5.28 Å². The van der Waals surface area contributed by atoms with Crippen LogP contribution in [-0.4, -0.2) is 26.4 Å². The molecule has 26 heavy (non-hydrogen) atoms. The molecule has 0 saturated heterocycles. The molecule has 2 aromatic heterocycles. The van der Waals surface area contributed by atoms with Gasteiger partial charge in [-0.2, -0.15) is 5.10 Å². The maximum atomic E-state index is 6.09. The van der Waals surface area contributed by atoms with E-state index in [1.54, 1.807) is 22.9 Å². The summed E-state index contributed by atoms with van der Waals surface area (Å²) in [6.45, 7) is 2.73. The van der Waals surface area contributed by atoms with Crippen LogP contribution in [0.25, 0.3) is 0 Å². The van der Waals surface area contributed by atoms with Crippen molar-refractivity contribution in [1.29, 1.82) is 0 Å². The van der Waals surface area contributed by atoms with E-state index in [0.29, 0.717) is 32.9 Å². The molecular weight excluding hydrogens is 455 g/mol. The van der Waals surface area contributed by atoms with Gasteiger partial charge in [0.25, 0.3) is 0 Å². The average Bonchev–Trinajstić information content (AvgIpc) is 2.88. The second-order valence-corrected chi connectivity index (χ2v) is 9.07. The van der Waals surface area contributed by atoms with Crippen LogP contribution in [0.4, 0.5) is 0 Å². The molecule has 3 aromatic rings. The van der Waals surface area contributed by atoms with E-state index in [9.17, 15) is 0 Å². The highest BCUT2D eigenvalue weighted by molar-refractivity contribution is 8.01. The van der Waals surface area contributed by atoms with Crippen molar-refractivity contribution in [2.75, 3.05) is 6.61 Å². The Morgan fingerprint density at radius 3 is 2.77 bits per heavy atom. The minimum Gasteiger partial charge on any atom is -0.490 e. The molecule has 0 aliphatic rings. The maximum absolute atomic E-state index is 6.09. The Bertz CT molecular complexity index is 972. The molecule has 0 aliphatic heterocycles. The van der Waals surface area contributed by atoms with Crippen LogP contribution in [0.3, 0.4) is 0 Å². The number of aromatic nitrogens is 4. The van der Waals surface area contributed by atoms with E-state index in [0.717, 1.165) is 15.1 Å². The highest BCUT2D eigenvalue weighted by Gasteiger charge is 2.09. The summed E-state index contributed by atoms with van der Waals surface area (Å²) in [6, 6.07) is 6.93. The number of nitrogens with zero attached hydrogens (tertiary/aromatic N) is 4. The van der Waals surface area contributed by atoms with Crippen molar-refractivity contribution in [3.63, 3.8) is 0 Å². The van der Waals surface area contributed by atoms with Crippen molar-refractivity contribution < 1.29 is 4.74 Å². The first kappa shape index (κ1) is 19.9. The summed E-state index contributed by atoms with van der Waals surface area (Å²) >= 11 is 26.0. The van der Waals surface area contributed by atoms with Crippen molar-refractivity contribution in [3.8, 4) is 5.75 Å². The maximum Gasteiger partial charge on any atom is 0.223 e.